The number of imidazole rings is 1. The molecule has 0 aliphatic rings. The summed E-state index contributed by atoms with van der Waals surface area (Å²) in [6, 6.07) is 15.0. The van der Waals surface area contributed by atoms with Gasteiger partial charge in [0.25, 0.3) is 0 Å². The van der Waals surface area contributed by atoms with Gasteiger partial charge in [-0.15, -0.1) is 0 Å². The normalized spacial score (nSPS) is 10.7. The van der Waals surface area contributed by atoms with Crippen molar-refractivity contribution >= 4 is 23.6 Å². The van der Waals surface area contributed by atoms with E-state index in [0.29, 0.717) is 28.9 Å². The Morgan fingerprint density at radius 3 is 2.74 bits per heavy atom. The van der Waals surface area contributed by atoms with Crippen LogP contribution in [0.25, 0.3) is 0 Å². The lowest BCUT2D eigenvalue weighted by Crippen LogP contribution is -1.99. The molecular formula is C20H17ClN4O2. The van der Waals surface area contributed by atoms with E-state index in [4.69, 9.17) is 21.1 Å². The summed E-state index contributed by atoms with van der Waals surface area (Å²) in [5.74, 6) is 1.78. The van der Waals surface area contributed by atoms with Crippen molar-refractivity contribution in [1.82, 2.24) is 9.55 Å². The molecule has 0 aliphatic heterocycles. The first kappa shape index (κ1) is 18.5. The molecule has 3 aromatic rings. The van der Waals surface area contributed by atoms with Gasteiger partial charge >= 0.3 is 0 Å². The number of rotatable bonds is 6. The van der Waals surface area contributed by atoms with Gasteiger partial charge in [-0.1, -0.05) is 29.8 Å². The molecule has 1 aromatic heterocycles. The summed E-state index contributed by atoms with van der Waals surface area (Å²) in [6.45, 7) is 0.455. The van der Waals surface area contributed by atoms with Gasteiger partial charge in [-0.05, 0) is 29.8 Å². The predicted molar refractivity (Wildman–Crippen MR) is 104 cm³/mol. The molecule has 0 spiro atoms. The van der Waals surface area contributed by atoms with Crippen molar-refractivity contribution in [1.29, 1.82) is 5.26 Å². The van der Waals surface area contributed by atoms with Crippen molar-refractivity contribution in [2.45, 2.75) is 6.54 Å². The number of aliphatic imine (C=N–C) groups is 1. The van der Waals surface area contributed by atoms with Gasteiger partial charge in [0.2, 0.25) is 0 Å². The molecule has 0 amide bonds. The highest BCUT2D eigenvalue weighted by molar-refractivity contribution is 6.31. The van der Waals surface area contributed by atoms with Gasteiger partial charge in [0.15, 0.2) is 11.5 Å². The van der Waals surface area contributed by atoms with Gasteiger partial charge in [-0.3, -0.25) is 0 Å². The molecule has 0 bridgehead atoms. The van der Waals surface area contributed by atoms with Crippen LogP contribution in [0.1, 0.15) is 16.8 Å². The molecule has 2 aromatic carbocycles. The highest BCUT2D eigenvalue weighted by atomic mass is 35.5. The van der Waals surface area contributed by atoms with Gasteiger partial charge < -0.3 is 14.0 Å². The Morgan fingerprint density at radius 2 is 2.04 bits per heavy atom. The third-order valence-corrected chi connectivity index (χ3v) is 4.35. The topological polar surface area (TPSA) is 72.4 Å². The molecule has 1 heterocycles. The summed E-state index contributed by atoms with van der Waals surface area (Å²) < 4.78 is 12.4. The zero-order chi connectivity index (χ0) is 19.2. The van der Waals surface area contributed by atoms with Crippen LogP contribution in [-0.2, 0) is 6.54 Å². The van der Waals surface area contributed by atoms with Crippen LogP contribution < -0.4 is 9.47 Å². The molecule has 0 fully saturated rings. The molecule has 6 nitrogen and oxygen atoms in total. The summed E-state index contributed by atoms with van der Waals surface area (Å²) in [4.78, 5) is 8.63. The highest BCUT2D eigenvalue weighted by Crippen LogP contribution is 2.25. The van der Waals surface area contributed by atoms with Crippen LogP contribution in [0, 0.1) is 11.3 Å². The zero-order valence-corrected chi connectivity index (χ0v) is 15.6. The van der Waals surface area contributed by atoms with E-state index in [-0.39, 0.29) is 5.69 Å². The van der Waals surface area contributed by atoms with Crippen LogP contribution in [-0.4, -0.2) is 30.0 Å². The van der Waals surface area contributed by atoms with E-state index in [1.807, 2.05) is 30.3 Å². The first-order valence-corrected chi connectivity index (χ1v) is 8.48. The Hall–Kier alpha value is -3.30. The molecule has 0 N–H and O–H groups in total. The Kier molecular flexibility index (Phi) is 5.74. The fourth-order valence-corrected chi connectivity index (χ4v) is 2.78. The number of nitrogens with zero attached hydrogens (tertiary/aromatic N) is 4. The molecule has 0 atom stereocenters. The summed E-state index contributed by atoms with van der Waals surface area (Å²) >= 11 is 6.25. The van der Waals surface area contributed by atoms with E-state index in [1.54, 1.807) is 43.5 Å². The second-order valence-electron chi connectivity index (χ2n) is 5.61. The Labute approximate surface area is 162 Å². The van der Waals surface area contributed by atoms with E-state index >= 15 is 0 Å². The maximum atomic E-state index is 9.36. The lowest BCUT2D eigenvalue weighted by atomic mass is 10.2. The van der Waals surface area contributed by atoms with Crippen molar-refractivity contribution in [3.05, 3.63) is 70.6 Å². The minimum atomic E-state index is 0.236. The molecule has 7 heteroatoms. The van der Waals surface area contributed by atoms with Crippen LogP contribution in [0.4, 0.5) is 5.82 Å². The van der Waals surface area contributed by atoms with Crippen molar-refractivity contribution in [2.75, 3.05) is 14.2 Å². The second kappa shape index (κ2) is 8.39. The van der Waals surface area contributed by atoms with E-state index in [2.05, 4.69) is 16.0 Å². The standard InChI is InChI=1S/C20H17ClN4O2/c1-26-16-7-8-19(27-2)15(9-16)11-23-20-18(10-22)24-13-25(20)12-14-5-3-4-6-17(14)21/h3-9,11,13H,12H2,1-2H3. The first-order chi connectivity index (χ1) is 13.2. The lowest BCUT2D eigenvalue weighted by molar-refractivity contribution is 0.402. The molecular weight excluding hydrogens is 364 g/mol. The summed E-state index contributed by atoms with van der Waals surface area (Å²) in [5, 5.41) is 10.0. The maximum Gasteiger partial charge on any atom is 0.185 e. The quantitative estimate of drug-likeness (QED) is 0.600. The molecule has 136 valence electrons. The Balaban J connectivity index is 1.98. The second-order valence-corrected chi connectivity index (χ2v) is 6.02. The number of methoxy groups -OCH3 is 2. The molecule has 0 aliphatic carbocycles. The van der Waals surface area contributed by atoms with Crippen LogP contribution in [0.3, 0.4) is 0 Å². The number of ether oxygens (including phenoxy) is 2. The largest absolute Gasteiger partial charge is 0.497 e. The third kappa shape index (κ3) is 4.10. The molecule has 27 heavy (non-hydrogen) atoms. The minimum absolute atomic E-state index is 0.236. The van der Waals surface area contributed by atoms with Gasteiger partial charge in [0.1, 0.15) is 17.6 Å². The molecule has 0 radical (unpaired) electrons. The smallest absolute Gasteiger partial charge is 0.185 e. The molecule has 0 saturated carbocycles. The van der Waals surface area contributed by atoms with Crippen LogP contribution >= 0.6 is 11.6 Å². The Bertz CT molecular complexity index is 1020. The predicted octanol–water partition coefficient (Wildman–Crippen LogP) is 4.22. The van der Waals surface area contributed by atoms with E-state index in [0.717, 1.165) is 11.1 Å². The SMILES string of the molecule is COc1ccc(OC)c(C=Nc2c(C#N)ncn2Cc2ccccc2Cl)c1. The van der Waals surface area contributed by atoms with Gasteiger partial charge in [-0.2, -0.15) is 5.26 Å². The highest BCUT2D eigenvalue weighted by Gasteiger charge is 2.12. The summed E-state index contributed by atoms with van der Waals surface area (Å²) in [6.07, 6.45) is 3.21. The average molecular weight is 381 g/mol. The van der Waals surface area contributed by atoms with Gasteiger partial charge in [0.05, 0.1) is 27.1 Å². The van der Waals surface area contributed by atoms with E-state index < -0.39 is 0 Å². The van der Waals surface area contributed by atoms with Crippen molar-refractivity contribution in [2.24, 2.45) is 4.99 Å². The number of halogens is 1. The minimum Gasteiger partial charge on any atom is -0.497 e. The molecule has 3 rings (SSSR count). The van der Waals surface area contributed by atoms with Crippen molar-refractivity contribution in [3.8, 4) is 17.6 Å². The molecule has 0 saturated heterocycles. The van der Waals surface area contributed by atoms with Crippen molar-refractivity contribution in [3.63, 3.8) is 0 Å². The number of nitriles is 1. The zero-order valence-electron chi connectivity index (χ0n) is 14.9. The number of hydrogen-bond acceptors (Lipinski definition) is 5. The maximum absolute atomic E-state index is 9.36. The van der Waals surface area contributed by atoms with Crippen LogP contribution in [0.2, 0.25) is 5.02 Å². The fourth-order valence-electron chi connectivity index (χ4n) is 2.59. The van der Waals surface area contributed by atoms with Crippen LogP contribution in [0.15, 0.2) is 53.8 Å². The number of benzene rings is 2. The third-order valence-electron chi connectivity index (χ3n) is 3.98. The number of hydrogen-bond donors (Lipinski definition) is 0. The van der Waals surface area contributed by atoms with Gasteiger partial charge in [-0.25, -0.2) is 9.98 Å². The Morgan fingerprint density at radius 1 is 1.22 bits per heavy atom. The van der Waals surface area contributed by atoms with Gasteiger partial charge in [0, 0.05) is 16.8 Å². The first-order valence-electron chi connectivity index (χ1n) is 8.11. The molecule has 0 unspecified atom stereocenters. The van der Waals surface area contributed by atoms with E-state index in [1.165, 1.54) is 0 Å². The summed E-state index contributed by atoms with van der Waals surface area (Å²) in [7, 11) is 3.18. The van der Waals surface area contributed by atoms with Crippen molar-refractivity contribution < 1.29 is 9.47 Å². The monoisotopic (exact) mass is 380 g/mol. The van der Waals surface area contributed by atoms with E-state index in [9.17, 15) is 5.26 Å². The van der Waals surface area contributed by atoms with Crippen LogP contribution in [0.5, 0.6) is 11.5 Å². The fraction of sp³-hybridized carbons (Fsp3) is 0.150. The average Bonchev–Trinajstić information content (AvgIpc) is 3.09. The lowest BCUT2D eigenvalue weighted by Gasteiger charge is -2.08. The number of aromatic nitrogens is 2. The summed E-state index contributed by atoms with van der Waals surface area (Å²) in [5.41, 5.74) is 1.88.